The molecule has 19 heavy (non-hydrogen) atoms. The Kier molecular flexibility index (Phi) is 5.92. The van der Waals surface area contributed by atoms with Gasteiger partial charge < -0.3 is 11.5 Å². The molecule has 0 aromatic heterocycles. The molecule has 0 saturated heterocycles. The summed E-state index contributed by atoms with van der Waals surface area (Å²) < 4.78 is 13.4. The van der Waals surface area contributed by atoms with Crippen molar-refractivity contribution in [2.45, 2.75) is 32.4 Å². The van der Waals surface area contributed by atoms with Gasteiger partial charge in [-0.05, 0) is 30.7 Å². The van der Waals surface area contributed by atoms with E-state index < -0.39 is 5.91 Å². The van der Waals surface area contributed by atoms with Crippen LogP contribution in [0.2, 0.25) is 0 Å². The number of likely N-dealkylation sites (N-methyl/N-ethyl adjacent to an activating group) is 1. The smallest absolute Gasteiger partial charge is 0.231 e. The molecular formula is C14H22FN3O. The quantitative estimate of drug-likeness (QED) is 0.784. The van der Waals surface area contributed by atoms with E-state index in [1.807, 2.05) is 24.8 Å². The molecule has 5 heteroatoms. The van der Waals surface area contributed by atoms with Crippen LogP contribution in [-0.4, -0.2) is 29.9 Å². The predicted octanol–water partition coefficient (Wildman–Crippen LogP) is 1.41. The van der Waals surface area contributed by atoms with Gasteiger partial charge in [0, 0.05) is 6.04 Å². The van der Waals surface area contributed by atoms with Crippen molar-refractivity contribution in [1.29, 1.82) is 0 Å². The van der Waals surface area contributed by atoms with Crippen molar-refractivity contribution >= 4 is 5.91 Å². The number of amides is 1. The number of halogens is 1. The maximum absolute atomic E-state index is 13.4. The van der Waals surface area contributed by atoms with Crippen molar-refractivity contribution in [3.8, 4) is 0 Å². The van der Waals surface area contributed by atoms with E-state index in [4.69, 9.17) is 11.5 Å². The van der Waals surface area contributed by atoms with Gasteiger partial charge in [-0.2, -0.15) is 0 Å². The Labute approximate surface area is 113 Å². The fourth-order valence-corrected chi connectivity index (χ4v) is 2.25. The first-order chi connectivity index (χ1) is 8.99. The number of rotatable bonds is 7. The van der Waals surface area contributed by atoms with Crippen molar-refractivity contribution in [1.82, 2.24) is 4.90 Å². The first-order valence-electron chi connectivity index (χ1n) is 6.53. The van der Waals surface area contributed by atoms with Gasteiger partial charge in [0.05, 0.1) is 12.6 Å². The Morgan fingerprint density at radius 1 is 1.42 bits per heavy atom. The van der Waals surface area contributed by atoms with E-state index >= 15 is 0 Å². The Morgan fingerprint density at radius 3 is 2.58 bits per heavy atom. The summed E-state index contributed by atoms with van der Waals surface area (Å²) in [4.78, 5) is 13.0. The SMILES string of the molecule is CCC(N)C(c1cccc(F)c1)N(CC)CC(N)=O. The molecule has 0 aliphatic carbocycles. The summed E-state index contributed by atoms with van der Waals surface area (Å²) in [7, 11) is 0. The van der Waals surface area contributed by atoms with Crippen LogP contribution in [0.15, 0.2) is 24.3 Å². The molecular weight excluding hydrogens is 245 g/mol. The first-order valence-corrected chi connectivity index (χ1v) is 6.53. The molecule has 1 aromatic carbocycles. The number of carbonyl (C=O) groups is 1. The molecule has 0 heterocycles. The summed E-state index contributed by atoms with van der Waals surface area (Å²) in [5, 5.41) is 0. The van der Waals surface area contributed by atoms with Crippen LogP contribution >= 0.6 is 0 Å². The largest absolute Gasteiger partial charge is 0.369 e. The molecule has 2 atom stereocenters. The topological polar surface area (TPSA) is 72.3 Å². The fraction of sp³-hybridized carbons (Fsp3) is 0.500. The minimum Gasteiger partial charge on any atom is -0.369 e. The number of benzene rings is 1. The summed E-state index contributed by atoms with van der Waals surface area (Å²) in [6.45, 7) is 4.63. The average Bonchev–Trinajstić information content (AvgIpc) is 2.37. The number of nitrogens with two attached hydrogens (primary N) is 2. The molecule has 0 saturated carbocycles. The second-order valence-corrected chi connectivity index (χ2v) is 4.60. The molecule has 0 aliphatic heterocycles. The molecule has 0 aliphatic rings. The van der Waals surface area contributed by atoms with Gasteiger partial charge in [0.15, 0.2) is 0 Å². The van der Waals surface area contributed by atoms with Crippen LogP contribution in [-0.2, 0) is 4.79 Å². The summed E-state index contributed by atoms with van der Waals surface area (Å²) >= 11 is 0. The van der Waals surface area contributed by atoms with Crippen LogP contribution in [0.5, 0.6) is 0 Å². The standard InChI is InChI=1S/C14H22FN3O/c1-3-12(16)14(18(4-2)9-13(17)19)10-6-5-7-11(15)8-10/h5-8,12,14H,3-4,9,16H2,1-2H3,(H2,17,19). The Morgan fingerprint density at radius 2 is 2.11 bits per heavy atom. The van der Waals surface area contributed by atoms with E-state index in [9.17, 15) is 9.18 Å². The fourth-order valence-electron chi connectivity index (χ4n) is 2.25. The van der Waals surface area contributed by atoms with Crippen molar-refractivity contribution in [3.05, 3.63) is 35.6 Å². The Balaban J connectivity index is 3.09. The summed E-state index contributed by atoms with van der Waals surface area (Å²) in [5.41, 5.74) is 12.2. The maximum atomic E-state index is 13.4. The van der Waals surface area contributed by atoms with Crippen LogP contribution in [0, 0.1) is 5.82 Å². The number of hydrogen-bond donors (Lipinski definition) is 2. The molecule has 0 spiro atoms. The monoisotopic (exact) mass is 267 g/mol. The third-order valence-corrected chi connectivity index (χ3v) is 3.23. The molecule has 0 bridgehead atoms. The van der Waals surface area contributed by atoms with E-state index in [1.54, 1.807) is 6.07 Å². The zero-order valence-electron chi connectivity index (χ0n) is 11.5. The van der Waals surface area contributed by atoms with Gasteiger partial charge in [0.2, 0.25) is 5.91 Å². The van der Waals surface area contributed by atoms with E-state index in [-0.39, 0.29) is 24.4 Å². The second-order valence-electron chi connectivity index (χ2n) is 4.60. The Bertz CT molecular complexity index is 425. The lowest BCUT2D eigenvalue weighted by Gasteiger charge is -2.34. The molecule has 0 radical (unpaired) electrons. The zero-order valence-corrected chi connectivity index (χ0v) is 11.5. The normalized spacial score (nSPS) is 14.4. The lowest BCUT2D eigenvalue weighted by molar-refractivity contribution is -0.119. The number of primary amides is 1. The van der Waals surface area contributed by atoms with Gasteiger partial charge >= 0.3 is 0 Å². The highest BCUT2D eigenvalue weighted by Gasteiger charge is 2.26. The number of nitrogens with zero attached hydrogens (tertiary/aromatic N) is 1. The highest BCUT2D eigenvalue weighted by molar-refractivity contribution is 5.76. The summed E-state index contributed by atoms with van der Waals surface area (Å²) in [5.74, 6) is -0.715. The highest BCUT2D eigenvalue weighted by Crippen LogP contribution is 2.25. The van der Waals surface area contributed by atoms with Gasteiger partial charge in [-0.1, -0.05) is 26.0 Å². The molecule has 1 amide bonds. The van der Waals surface area contributed by atoms with Crippen LogP contribution in [0.1, 0.15) is 31.9 Å². The summed E-state index contributed by atoms with van der Waals surface area (Å²) in [6.07, 6.45) is 0.733. The molecule has 4 N–H and O–H groups in total. The minimum absolute atomic E-state index is 0.116. The average molecular weight is 267 g/mol. The van der Waals surface area contributed by atoms with Crippen molar-refractivity contribution in [2.24, 2.45) is 11.5 Å². The maximum Gasteiger partial charge on any atom is 0.231 e. The van der Waals surface area contributed by atoms with Gasteiger partial charge in [0.25, 0.3) is 0 Å². The Hall–Kier alpha value is -1.46. The molecule has 4 nitrogen and oxygen atoms in total. The lowest BCUT2D eigenvalue weighted by Crippen LogP contribution is -2.44. The first kappa shape index (κ1) is 15.6. The second kappa shape index (κ2) is 7.21. The van der Waals surface area contributed by atoms with Crippen LogP contribution in [0.25, 0.3) is 0 Å². The minimum atomic E-state index is -0.411. The third kappa shape index (κ3) is 4.29. The molecule has 2 unspecified atom stereocenters. The van der Waals surface area contributed by atoms with E-state index in [1.165, 1.54) is 12.1 Å². The van der Waals surface area contributed by atoms with Crippen LogP contribution in [0.3, 0.4) is 0 Å². The molecule has 0 fully saturated rings. The van der Waals surface area contributed by atoms with E-state index in [0.717, 1.165) is 12.0 Å². The van der Waals surface area contributed by atoms with Gasteiger partial charge in [-0.25, -0.2) is 4.39 Å². The third-order valence-electron chi connectivity index (χ3n) is 3.23. The zero-order chi connectivity index (χ0) is 14.4. The van der Waals surface area contributed by atoms with Crippen molar-refractivity contribution in [3.63, 3.8) is 0 Å². The van der Waals surface area contributed by atoms with Crippen LogP contribution in [0.4, 0.5) is 4.39 Å². The van der Waals surface area contributed by atoms with Gasteiger partial charge in [-0.3, -0.25) is 9.69 Å². The predicted molar refractivity (Wildman–Crippen MR) is 73.8 cm³/mol. The van der Waals surface area contributed by atoms with Crippen molar-refractivity contribution < 1.29 is 9.18 Å². The number of hydrogen-bond acceptors (Lipinski definition) is 3. The lowest BCUT2D eigenvalue weighted by atomic mass is 9.96. The highest BCUT2D eigenvalue weighted by atomic mass is 19.1. The summed E-state index contributed by atoms with van der Waals surface area (Å²) in [6, 6.07) is 5.94. The van der Waals surface area contributed by atoms with Crippen LogP contribution < -0.4 is 11.5 Å². The molecule has 1 aromatic rings. The van der Waals surface area contributed by atoms with E-state index in [2.05, 4.69) is 0 Å². The molecule has 106 valence electrons. The van der Waals surface area contributed by atoms with Crippen molar-refractivity contribution in [2.75, 3.05) is 13.1 Å². The van der Waals surface area contributed by atoms with Gasteiger partial charge in [-0.15, -0.1) is 0 Å². The number of carbonyl (C=O) groups excluding carboxylic acids is 1. The van der Waals surface area contributed by atoms with E-state index in [0.29, 0.717) is 6.54 Å². The van der Waals surface area contributed by atoms with Gasteiger partial charge in [0.1, 0.15) is 5.82 Å². The molecule has 1 rings (SSSR count).